The molecule has 0 heterocycles. The van der Waals surface area contributed by atoms with Crippen LogP contribution in [0.2, 0.25) is 0 Å². The molecule has 3 heteroatoms. The van der Waals surface area contributed by atoms with E-state index in [1.54, 1.807) is 6.92 Å². The van der Waals surface area contributed by atoms with E-state index < -0.39 is 5.97 Å². The Morgan fingerprint density at radius 2 is 1.88 bits per heavy atom. The Morgan fingerprint density at radius 3 is 2.38 bits per heavy atom. The molecule has 1 aromatic carbocycles. The van der Waals surface area contributed by atoms with Gasteiger partial charge in [-0.2, -0.15) is 0 Å². The SMILES string of the molecule is CC(C(=O)O)C(C)N(C)Cc1ccccc1. The first-order valence-electron chi connectivity index (χ1n) is 5.49. The number of rotatable bonds is 5. The van der Waals surface area contributed by atoms with Gasteiger partial charge in [0, 0.05) is 12.6 Å². The van der Waals surface area contributed by atoms with Gasteiger partial charge in [-0.25, -0.2) is 0 Å². The first kappa shape index (κ1) is 12.7. The average Bonchev–Trinajstić information content (AvgIpc) is 2.28. The van der Waals surface area contributed by atoms with Crippen LogP contribution >= 0.6 is 0 Å². The zero-order chi connectivity index (χ0) is 12.1. The summed E-state index contributed by atoms with van der Waals surface area (Å²) < 4.78 is 0. The minimum absolute atomic E-state index is 0.0257. The van der Waals surface area contributed by atoms with Gasteiger partial charge in [-0.1, -0.05) is 37.3 Å². The van der Waals surface area contributed by atoms with Crippen molar-refractivity contribution >= 4 is 5.97 Å². The summed E-state index contributed by atoms with van der Waals surface area (Å²) in [6, 6.07) is 10.1. The molecule has 0 saturated heterocycles. The third-order valence-electron chi connectivity index (χ3n) is 3.08. The summed E-state index contributed by atoms with van der Waals surface area (Å²) in [7, 11) is 1.96. The lowest BCUT2D eigenvalue weighted by Crippen LogP contribution is -2.37. The van der Waals surface area contributed by atoms with Crippen molar-refractivity contribution in [1.29, 1.82) is 0 Å². The molecule has 0 aliphatic carbocycles. The summed E-state index contributed by atoms with van der Waals surface area (Å²) in [4.78, 5) is 12.9. The highest BCUT2D eigenvalue weighted by Gasteiger charge is 2.22. The second-order valence-corrected chi connectivity index (χ2v) is 4.27. The largest absolute Gasteiger partial charge is 0.481 e. The third-order valence-corrected chi connectivity index (χ3v) is 3.08. The fourth-order valence-electron chi connectivity index (χ4n) is 1.60. The first-order valence-corrected chi connectivity index (χ1v) is 5.49. The molecule has 0 fully saturated rings. The number of carboxylic acids is 1. The highest BCUT2D eigenvalue weighted by Crippen LogP contribution is 2.12. The van der Waals surface area contributed by atoms with Gasteiger partial charge in [-0.15, -0.1) is 0 Å². The van der Waals surface area contributed by atoms with Gasteiger partial charge < -0.3 is 5.11 Å². The molecule has 3 nitrogen and oxygen atoms in total. The fourth-order valence-corrected chi connectivity index (χ4v) is 1.60. The molecule has 0 radical (unpaired) electrons. The van der Waals surface area contributed by atoms with Gasteiger partial charge in [-0.05, 0) is 19.5 Å². The van der Waals surface area contributed by atoms with Crippen molar-refractivity contribution in [2.75, 3.05) is 7.05 Å². The zero-order valence-corrected chi connectivity index (χ0v) is 10.1. The Morgan fingerprint density at radius 1 is 1.31 bits per heavy atom. The number of aliphatic carboxylic acids is 1. The molecule has 0 spiro atoms. The standard InChI is InChI=1S/C13H19NO2/c1-10(13(15)16)11(2)14(3)9-12-7-5-4-6-8-12/h4-8,10-11H,9H2,1-3H3,(H,15,16). The van der Waals surface area contributed by atoms with E-state index in [1.165, 1.54) is 5.56 Å². The Kier molecular flexibility index (Phi) is 4.50. The van der Waals surface area contributed by atoms with Crippen LogP contribution in [0.25, 0.3) is 0 Å². The van der Waals surface area contributed by atoms with Crippen LogP contribution in [0, 0.1) is 5.92 Å². The molecule has 88 valence electrons. The van der Waals surface area contributed by atoms with Gasteiger partial charge in [0.1, 0.15) is 0 Å². The Balaban J connectivity index is 2.58. The van der Waals surface area contributed by atoms with E-state index in [0.29, 0.717) is 0 Å². The van der Waals surface area contributed by atoms with E-state index >= 15 is 0 Å². The van der Waals surface area contributed by atoms with Crippen molar-refractivity contribution in [3.05, 3.63) is 35.9 Å². The minimum Gasteiger partial charge on any atom is -0.481 e. The van der Waals surface area contributed by atoms with Gasteiger partial charge in [-0.3, -0.25) is 9.69 Å². The molecular weight excluding hydrogens is 202 g/mol. The van der Waals surface area contributed by atoms with Crippen LogP contribution in [-0.2, 0) is 11.3 Å². The van der Waals surface area contributed by atoms with Crippen molar-refractivity contribution in [2.45, 2.75) is 26.4 Å². The van der Waals surface area contributed by atoms with Crippen LogP contribution < -0.4 is 0 Å². The molecule has 16 heavy (non-hydrogen) atoms. The number of hydrogen-bond donors (Lipinski definition) is 1. The number of carbonyl (C=O) groups is 1. The van der Waals surface area contributed by atoms with Crippen molar-refractivity contribution in [1.82, 2.24) is 4.90 Å². The van der Waals surface area contributed by atoms with E-state index in [0.717, 1.165) is 6.54 Å². The van der Waals surface area contributed by atoms with Crippen LogP contribution in [-0.4, -0.2) is 29.1 Å². The van der Waals surface area contributed by atoms with Gasteiger partial charge in [0.15, 0.2) is 0 Å². The summed E-state index contributed by atoms with van der Waals surface area (Å²) >= 11 is 0. The molecule has 1 aromatic rings. The molecular formula is C13H19NO2. The van der Waals surface area contributed by atoms with Gasteiger partial charge in [0.05, 0.1) is 5.92 Å². The van der Waals surface area contributed by atoms with Crippen LogP contribution in [0.1, 0.15) is 19.4 Å². The van der Waals surface area contributed by atoms with Gasteiger partial charge in [0.25, 0.3) is 0 Å². The summed E-state index contributed by atoms with van der Waals surface area (Å²) in [5, 5.41) is 8.94. The summed E-state index contributed by atoms with van der Waals surface area (Å²) in [6.07, 6.45) is 0. The van der Waals surface area contributed by atoms with Crippen LogP contribution in [0.5, 0.6) is 0 Å². The monoisotopic (exact) mass is 221 g/mol. The van der Waals surface area contributed by atoms with Crippen LogP contribution in [0.3, 0.4) is 0 Å². The smallest absolute Gasteiger partial charge is 0.307 e. The van der Waals surface area contributed by atoms with Crippen LogP contribution in [0.15, 0.2) is 30.3 Å². The lowest BCUT2D eigenvalue weighted by Gasteiger charge is -2.27. The maximum absolute atomic E-state index is 10.9. The highest BCUT2D eigenvalue weighted by molar-refractivity contribution is 5.70. The Hall–Kier alpha value is -1.35. The molecule has 1 N–H and O–H groups in total. The second kappa shape index (κ2) is 5.66. The Labute approximate surface area is 96.7 Å². The summed E-state index contributed by atoms with van der Waals surface area (Å²) in [5.74, 6) is -1.10. The molecule has 0 saturated carbocycles. The highest BCUT2D eigenvalue weighted by atomic mass is 16.4. The van der Waals surface area contributed by atoms with Crippen molar-refractivity contribution in [2.24, 2.45) is 5.92 Å². The van der Waals surface area contributed by atoms with E-state index in [4.69, 9.17) is 5.11 Å². The summed E-state index contributed by atoms with van der Waals surface area (Å²) in [5.41, 5.74) is 1.20. The van der Waals surface area contributed by atoms with Crippen LogP contribution in [0.4, 0.5) is 0 Å². The first-order chi connectivity index (χ1) is 7.52. The van der Waals surface area contributed by atoms with Gasteiger partial charge >= 0.3 is 5.97 Å². The molecule has 0 aliphatic heterocycles. The van der Waals surface area contributed by atoms with Gasteiger partial charge in [0.2, 0.25) is 0 Å². The third kappa shape index (κ3) is 3.35. The van der Waals surface area contributed by atoms with E-state index in [9.17, 15) is 4.79 Å². The molecule has 2 atom stereocenters. The summed E-state index contributed by atoms with van der Waals surface area (Å²) in [6.45, 7) is 4.47. The molecule has 0 aliphatic rings. The number of nitrogens with zero attached hydrogens (tertiary/aromatic N) is 1. The number of carboxylic acid groups (broad SMARTS) is 1. The van der Waals surface area contributed by atoms with E-state index in [-0.39, 0.29) is 12.0 Å². The Bertz CT molecular complexity index is 337. The minimum atomic E-state index is -0.743. The van der Waals surface area contributed by atoms with Crippen molar-refractivity contribution in [3.63, 3.8) is 0 Å². The molecule has 1 rings (SSSR count). The maximum Gasteiger partial charge on any atom is 0.307 e. The quantitative estimate of drug-likeness (QED) is 0.829. The fraction of sp³-hybridized carbons (Fsp3) is 0.462. The average molecular weight is 221 g/mol. The topological polar surface area (TPSA) is 40.5 Å². The normalized spacial score (nSPS) is 14.8. The van der Waals surface area contributed by atoms with E-state index in [2.05, 4.69) is 17.0 Å². The molecule has 0 bridgehead atoms. The van der Waals surface area contributed by atoms with Crippen molar-refractivity contribution < 1.29 is 9.90 Å². The molecule has 0 aromatic heterocycles. The lowest BCUT2D eigenvalue weighted by atomic mass is 10.0. The zero-order valence-electron chi connectivity index (χ0n) is 10.1. The number of benzene rings is 1. The predicted octanol–water partition coefficient (Wildman–Crippen LogP) is 2.23. The lowest BCUT2D eigenvalue weighted by molar-refractivity contribution is -0.143. The predicted molar refractivity (Wildman–Crippen MR) is 64.2 cm³/mol. The van der Waals surface area contributed by atoms with E-state index in [1.807, 2.05) is 32.2 Å². The maximum atomic E-state index is 10.9. The van der Waals surface area contributed by atoms with Crippen molar-refractivity contribution in [3.8, 4) is 0 Å². The second-order valence-electron chi connectivity index (χ2n) is 4.27. The number of hydrogen-bond acceptors (Lipinski definition) is 2. The molecule has 2 unspecified atom stereocenters. The molecule has 0 amide bonds.